The van der Waals surface area contributed by atoms with Crippen molar-refractivity contribution in [2.45, 2.75) is 38.6 Å². The molecule has 4 N–H and O–H groups in total. The number of nitrogens with one attached hydrogen (secondary N) is 2. The number of aromatic nitrogens is 2. The number of nitrogens with zero attached hydrogens (tertiary/aromatic N) is 2. The molecule has 0 bridgehead atoms. The second kappa shape index (κ2) is 5.82. The van der Waals surface area contributed by atoms with Gasteiger partial charge in [-0.15, -0.1) is 0 Å². The van der Waals surface area contributed by atoms with Crippen molar-refractivity contribution in [3.8, 4) is 0 Å². The first-order valence-electron chi connectivity index (χ1n) is 6.34. The summed E-state index contributed by atoms with van der Waals surface area (Å²) in [4.78, 5) is 8.86. The van der Waals surface area contributed by atoms with E-state index in [-0.39, 0.29) is 0 Å². The largest absolute Gasteiger partial charge is 0.369 e. The maximum atomic E-state index is 5.46. The lowest BCUT2D eigenvalue weighted by molar-refractivity contribution is 0.743. The summed E-state index contributed by atoms with van der Waals surface area (Å²) in [7, 11) is 0. The highest BCUT2D eigenvalue weighted by Gasteiger charge is 2.15. The SMILES string of the molecule is Cc1cc(NCCN)nc(NC2CCCC2)n1. The number of hydrogen-bond acceptors (Lipinski definition) is 5. The Balaban J connectivity index is 2.02. The first-order chi connectivity index (χ1) is 8.28. The van der Waals surface area contributed by atoms with Crippen molar-refractivity contribution in [1.29, 1.82) is 0 Å². The Labute approximate surface area is 102 Å². The minimum atomic E-state index is 0.541. The van der Waals surface area contributed by atoms with Gasteiger partial charge in [0, 0.05) is 30.9 Å². The van der Waals surface area contributed by atoms with Crippen LogP contribution < -0.4 is 16.4 Å². The van der Waals surface area contributed by atoms with E-state index in [1.807, 2.05) is 13.0 Å². The van der Waals surface area contributed by atoms with Gasteiger partial charge < -0.3 is 16.4 Å². The van der Waals surface area contributed by atoms with Crippen molar-refractivity contribution in [2.75, 3.05) is 23.7 Å². The maximum absolute atomic E-state index is 5.46. The maximum Gasteiger partial charge on any atom is 0.225 e. The van der Waals surface area contributed by atoms with E-state index >= 15 is 0 Å². The van der Waals surface area contributed by atoms with Crippen LogP contribution in [-0.2, 0) is 0 Å². The van der Waals surface area contributed by atoms with Crippen molar-refractivity contribution in [3.05, 3.63) is 11.8 Å². The van der Waals surface area contributed by atoms with E-state index in [0.29, 0.717) is 12.6 Å². The smallest absolute Gasteiger partial charge is 0.225 e. The first-order valence-corrected chi connectivity index (χ1v) is 6.34. The van der Waals surface area contributed by atoms with E-state index in [1.165, 1.54) is 25.7 Å². The molecule has 94 valence electrons. The normalized spacial score (nSPS) is 16.1. The third kappa shape index (κ3) is 3.56. The highest BCUT2D eigenvalue weighted by Crippen LogP contribution is 2.21. The molecule has 1 heterocycles. The lowest BCUT2D eigenvalue weighted by atomic mass is 10.2. The van der Waals surface area contributed by atoms with Gasteiger partial charge in [-0.05, 0) is 19.8 Å². The minimum Gasteiger partial charge on any atom is -0.369 e. The van der Waals surface area contributed by atoms with Crippen LogP contribution >= 0.6 is 0 Å². The van der Waals surface area contributed by atoms with Crippen LogP contribution in [0.3, 0.4) is 0 Å². The second-order valence-electron chi connectivity index (χ2n) is 4.56. The fraction of sp³-hybridized carbons (Fsp3) is 0.667. The van der Waals surface area contributed by atoms with E-state index < -0.39 is 0 Å². The van der Waals surface area contributed by atoms with Gasteiger partial charge in [0.05, 0.1) is 0 Å². The van der Waals surface area contributed by atoms with Crippen LogP contribution in [0.1, 0.15) is 31.4 Å². The van der Waals surface area contributed by atoms with Gasteiger partial charge in [0.25, 0.3) is 0 Å². The quantitative estimate of drug-likeness (QED) is 0.721. The fourth-order valence-corrected chi connectivity index (χ4v) is 2.18. The molecule has 0 amide bonds. The highest BCUT2D eigenvalue weighted by molar-refractivity contribution is 5.42. The molecule has 1 aliphatic carbocycles. The Kier molecular flexibility index (Phi) is 4.14. The molecule has 0 spiro atoms. The standard InChI is InChI=1S/C12H21N5/c1-9-8-11(14-7-6-13)17-12(15-9)16-10-4-2-3-5-10/h8,10H,2-7,13H2,1H3,(H2,14,15,16,17). The fourth-order valence-electron chi connectivity index (χ4n) is 2.18. The monoisotopic (exact) mass is 235 g/mol. The van der Waals surface area contributed by atoms with Gasteiger partial charge in [-0.3, -0.25) is 0 Å². The Hall–Kier alpha value is -1.36. The van der Waals surface area contributed by atoms with Crippen LogP contribution in [0.25, 0.3) is 0 Å². The molecule has 1 fully saturated rings. The molecule has 1 aromatic rings. The van der Waals surface area contributed by atoms with Gasteiger partial charge in [0.2, 0.25) is 5.95 Å². The molecule has 0 aliphatic heterocycles. The number of nitrogens with two attached hydrogens (primary N) is 1. The van der Waals surface area contributed by atoms with Crippen LogP contribution in [-0.4, -0.2) is 29.1 Å². The van der Waals surface area contributed by atoms with Crippen LogP contribution in [0.15, 0.2) is 6.07 Å². The van der Waals surface area contributed by atoms with Gasteiger partial charge in [0.1, 0.15) is 5.82 Å². The third-order valence-corrected chi connectivity index (χ3v) is 2.99. The number of aryl methyl sites for hydroxylation is 1. The predicted octanol–water partition coefficient (Wildman–Crippen LogP) is 1.51. The van der Waals surface area contributed by atoms with Crippen molar-refractivity contribution in [3.63, 3.8) is 0 Å². The zero-order chi connectivity index (χ0) is 12.1. The van der Waals surface area contributed by atoms with E-state index in [9.17, 15) is 0 Å². The van der Waals surface area contributed by atoms with Gasteiger partial charge in [0.15, 0.2) is 0 Å². The van der Waals surface area contributed by atoms with Crippen LogP contribution in [0.4, 0.5) is 11.8 Å². The summed E-state index contributed by atoms with van der Waals surface area (Å²) in [5, 5.41) is 6.59. The Morgan fingerprint density at radius 2 is 2.12 bits per heavy atom. The average molecular weight is 235 g/mol. The molecule has 0 saturated heterocycles. The van der Waals surface area contributed by atoms with Gasteiger partial charge in [-0.2, -0.15) is 4.98 Å². The van der Waals surface area contributed by atoms with Gasteiger partial charge in [-0.1, -0.05) is 12.8 Å². The Morgan fingerprint density at radius 3 is 2.82 bits per heavy atom. The van der Waals surface area contributed by atoms with E-state index in [0.717, 1.165) is 24.0 Å². The molecule has 17 heavy (non-hydrogen) atoms. The van der Waals surface area contributed by atoms with Crippen molar-refractivity contribution in [2.24, 2.45) is 5.73 Å². The van der Waals surface area contributed by atoms with Gasteiger partial charge in [-0.25, -0.2) is 4.98 Å². The predicted molar refractivity (Wildman–Crippen MR) is 70.2 cm³/mol. The van der Waals surface area contributed by atoms with E-state index in [4.69, 9.17) is 5.73 Å². The molecule has 1 saturated carbocycles. The molecule has 0 unspecified atom stereocenters. The topological polar surface area (TPSA) is 75.9 Å². The zero-order valence-corrected chi connectivity index (χ0v) is 10.4. The summed E-state index contributed by atoms with van der Waals surface area (Å²) < 4.78 is 0. The van der Waals surface area contributed by atoms with Crippen molar-refractivity contribution >= 4 is 11.8 Å². The summed E-state index contributed by atoms with van der Waals surface area (Å²) in [6.07, 6.45) is 5.06. The molecule has 5 heteroatoms. The van der Waals surface area contributed by atoms with Crippen LogP contribution in [0.5, 0.6) is 0 Å². The number of anilines is 2. The molecular formula is C12H21N5. The average Bonchev–Trinajstić information content (AvgIpc) is 2.78. The lowest BCUT2D eigenvalue weighted by Gasteiger charge is -2.13. The number of rotatable bonds is 5. The number of hydrogen-bond donors (Lipinski definition) is 3. The minimum absolute atomic E-state index is 0.541. The summed E-state index contributed by atoms with van der Waals surface area (Å²) in [5.74, 6) is 1.58. The Bertz CT molecular complexity index is 360. The highest BCUT2D eigenvalue weighted by atomic mass is 15.2. The van der Waals surface area contributed by atoms with Crippen molar-refractivity contribution < 1.29 is 0 Å². The van der Waals surface area contributed by atoms with Crippen LogP contribution in [0, 0.1) is 6.92 Å². The molecular weight excluding hydrogens is 214 g/mol. The second-order valence-corrected chi connectivity index (χ2v) is 4.56. The molecule has 5 nitrogen and oxygen atoms in total. The van der Waals surface area contributed by atoms with Crippen molar-refractivity contribution in [1.82, 2.24) is 9.97 Å². The van der Waals surface area contributed by atoms with E-state index in [1.54, 1.807) is 0 Å². The van der Waals surface area contributed by atoms with Gasteiger partial charge >= 0.3 is 0 Å². The molecule has 0 aromatic carbocycles. The van der Waals surface area contributed by atoms with Crippen LogP contribution in [0.2, 0.25) is 0 Å². The molecule has 0 atom stereocenters. The summed E-state index contributed by atoms with van der Waals surface area (Å²) >= 11 is 0. The molecule has 1 aromatic heterocycles. The van der Waals surface area contributed by atoms with E-state index in [2.05, 4.69) is 20.6 Å². The summed E-state index contributed by atoms with van der Waals surface area (Å²) in [5.41, 5.74) is 6.44. The summed E-state index contributed by atoms with van der Waals surface area (Å²) in [6.45, 7) is 3.32. The molecule has 2 rings (SSSR count). The molecule has 1 aliphatic rings. The zero-order valence-electron chi connectivity index (χ0n) is 10.4. The first kappa shape index (κ1) is 12.1. The molecule has 0 radical (unpaired) electrons. The Morgan fingerprint density at radius 1 is 1.35 bits per heavy atom. The summed E-state index contributed by atoms with van der Waals surface area (Å²) in [6, 6.07) is 2.48. The lowest BCUT2D eigenvalue weighted by Crippen LogP contribution is -2.18. The third-order valence-electron chi connectivity index (χ3n) is 2.99.